The average molecular weight is 369 g/mol. The van der Waals surface area contributed by atoms with Crippen LogP contribution in [0.3, 0.4) is 0 Å². The Morgan fingerprint density at radius 2 is 1.60 bits per heavy atom. The number of carbonyl (C=O) groups excluding carboxylic acids is 3. The number of rotatable bonds is 4. The molecule has 1 amide bonds. The average Bonchev–Trinajstić information content (AvgIpc) is 2.73. The zero-order valence-electron chi connectivity index (χ0n) is 16.2. The highest BCUT2D eigenvalue weighted by Gasteiger charge is 2.31. The van der Waals surface area contributed by atoms with E-state index in [0.717, 1.165) is 11.3 Å². The third-order valence-electron chi connectivity index (χ3n) is 3.12. The van der Waals surface area contributed by atoms with Crippen molar-refractivity contribution in [1.29, 1.82) is 0 Å². The molecular formula is C18H27NO5S. The smallest absolute Gasteiger partial charge is 0.349 e. The van der Waals surface area contributed by atoms with Crippen molar-refractivity contribution in [2.45, 2.75) is 61.0 Å². The second-order valence-corrected chi connectivity index (χ2v) is 8.71. The fourth-order valence-electron chi connectivity index (χ4n) is 1.86. The molecule has 1 rings (SSSR count). The van der Waals surface area contributed by atoms with Crippen molar-refractivity contribution in [2.24, 2.45) is 5.41 Å². The first kappa shape index (κ1) is 21.2. The summed E-state index contributed by atoms with van der Waals surface area (Å²) in [5.74, 6) is -1.36. The molecule has 0 saturated carbocycles. The van der Waals surface area contributed by atoms with Crippen molar-refractivity contribution >= 4 is 34.2 Å². The predicted octanol–water partition coefficient (Wildman–Crippen LogP) is 4.17. The van der Waals surface area contributed by atoms with E-state index in [9.17, 15) is 14.4 Å². The number of nitrogens with one attached hydrogen (secondary N) is 1. The second kappa shape index (κ2) is 7.56. The van der Waals surface area contributed by atoms with Gasteiger partial charge in [0.15, 0.2) is 0 Å². The Labute approximate surface area is 152 Å². The van der Waals surface area contributed by atoms with Gasteiger partial charge in [-0.25, -0.2) is 9.59 Å². The number of hydrogen-bond donors (Lipinski definition) is 1. The predicted molar refractivity (Wildman–Crippen MR) is 98.3 cm³/mol. The Morgan fingerprint density at radius 1 is 1.04 bits per heavy atom. The number of carbonyl (C=O) groups is 3. The lowest BCUT2D eigenvalue weighted by atomic mass is 9.96. The Balaban J connectivity index is 3.34. The van der Waals surface area contributed by atoms with Gasteiger partial charge in [0.1, 0.15) is 15.5 Å². The maximum absolute atomic E-state index is 12.4. The van der Waals surface area contributed by atoms with E-state index in [1.54, 1.807) is 55.4 Å². The molecule has 0 saturated heterocycles. The summed E-state index contributed by atoms with van der Waals surface area (Å²) in [5.41, 5.74) is -0.658. The topological polar surface area (TPSA) is 81.7 Å². The molecule has 0 atom stereocenters. The molecule has 1 aromatic heterocycles. The Morgan fingerprint density at radius 3 is 2.04 bits per heavy atom. The van der Waals surface area contributed by atoms with Crippen LogP contribution in [0.4, 0.5) is 5.00 Å². The summed E-state index contributed by atoms with van der Waals surface area (Å²) >= 11 is 1.03. The van der Waals surface area contributed by atoms with Crippen molar-refractivity contribution in [3.8, 4) is 0 Å². The van der Waals surface area contributed by atoms with E-state index < -0.39 is 23.0 Å². The molecule has 0 spiro atoms. The summed E-state index contributed by atoms with van der Waals surface area (Å²) in [6, 6.07) is 0. The minimum absolute atomic E-state index is 0.197. The molecule has 0 aliphatic rings. The first-order valence-corrected chi connectivity index (χ1v) is 8.95. The Hall–Kier alpha value is -1.89. The summed E-state index contributed by atoms with van der Waals surface area (Å²) in [6.07, 6.45) is 0. The second-order valence-electron chi connectivity index (χ2n) is 7.69. The molecule has 0 aliphatic carbocycles. The van der Waals surface area contributed by atoms with E-state index in [1.807, 2.05) is 0 Å². The number of thiophene rings is 1. The molecule has 1 N–H and O–H groups in total. The lowest BCUT2D eigenvalue weighted by Crippen LogP contribution is -2.28. The van der Waals surface area contributed by atoms with Gasteiger partial charge in [0.25, 0.3) is 0 Å². The number of hydrogen-bond acceptors (Lipinski definition) is 6. The fourth-order valence-corrected chi connectivity index (χ4v) is 2.93. The summed E-state index contributed by atoms with van der Waals surface area (Å²) in [5, 5.41) is 3.04. The van der Waals surface area contributed by atoms with E-state index >= 15 is 0 Å². The Bertz CT molecular complexity index is 677. The van der Waals surface area contributed by atoms with Crippen molar-refractivity contribution in [3.05, 3.63) is 16.0 Å². The monoisotopic (exact) mass is 369 g/mol. The number of amides is 1. The van der Waals surface area contributed by atoms with Crippen LogP contribution < -0.4 is 5.32 Å². The highest BCUT2D eigenvalue weighted by atomic mass is 32.1. The standard InChI is InChI=1S/C18H27NO5S/c1-9-23-14(20)11-10(2)12(15(21)24-18(6,7)8)25-13(11)19-16(22)17(3,4)5/h9H2,1-8H3,(H,19,22). The molecule has 1 aromatic rings. The molecule has 0 fully saturated rings. The van der Waals surface area contributed by atoms with E-state index in [2.05, 4.69) is 5.32 Å². The van der Waals surface area contributed by atoms with Crippen LogP contribution >= 0.6 is 11.3 Å². The zero-order valence-corrected chi connectivity index (χ0v) is 17.0. The fraction of sp³-hybridized carbons (Fsp3) is 0.611. The van der Waals surface area contributed by atoms with Crippen molar-refractivity contribution in [3.63, 3.8) is 0 Å². The minimum Gasteiger partial charge on any atom is -0.462 e. The molecule has 7 heteroatoms. The van der Waals surface area contributed by atoms with Crippen LogP contribution in [-0.2, 0) is 14.3 Å². The SMILES string of the molecule is CCOC(=O)c1c(NC(=O)C(C)(C)C)sc(C(=O)OC(C)(C)C)c1C. The van der Waals surface area contributed by atoms with Gasteiger partial charge in [0.05, 0.1) is 12.2 Å². The molecule has 0 unspecified atom stereocenters. The van der Waals surface area contributed by atoms with Crippen LogP contribution in [0.15, 0.2) is 0 Å². The molecule has 1 heterocycles. The van der Waals surface area contributed by atoms with Crippen molar-refractivity contribution in [2.75, 3.05) is 11.9 Å². The molecule has 0 bridgehead atoms. The van der Waals surface area contributed by atoms with Crippen molar-refractivity contribution in [1.82, 2.24) is 0 Å². The summed E-state index contributed by atoms with van der Waals surface area (Å²) < 4.78 is 10.5. The van der Waals surface area contributed by atoms with Crippen LogP contribution in [0.5, 0.6) is 0 Å². The highest BCUT2D eigenvalue weighted by molar-refractivity contribution is 7.18. The molecule has 25 heavy (non-hydrogen) atoms. The molecule has 0 aliphatic heterocycles. The third-order valence-corrected chi connectivity index (χ3v) is 4.31. The van der Waals surface area contributed by atoms with Gasteiger partial charge in [-0.15, -0.1) is 11.3 Å². The molecule has 140 valence electrons. The van der Waals surface area contributed by atoms with E-state index in [0.29, 0.717) is 10.6 Å². The van der Waals surface area contributed by atoms with Gasteiger partial charge in [0.2, 0.25) is 5.91 Å². The van der Waals surface area contributed by atoms with Crippen molar-refractivity contribution < 1.29 is 23.9 Å². The zero-order chi connectivity index (χ0) is 19.6. The number of anilines is 1. The van der Waals surface area contributed by atoms with Gasteiger partial charge in [-0.2, -0.15) is 0 Å². The number of esters is 2. The maximum Gasteiger partial charge on any atom is 0.349 e. The van der Waals surface area contributed by atoms with Crippen LogP contribution in [-0.4, -0.2) is 30.1 Å². The largest absolute Gasteiger partial charge is 0.462 e. The summed E-state index contributed by atoms with van der Waals surface area (Å²) in [6.45, 7) is 14.1. The number of ether oxygens (including phenoxy) is 2. The van der Waals surface area contributed by atoms with Gasteiger partial charge in [0, 0.05) is 5.41 Å². The first-order valence-electron chi connectivity index (χ1n) is 8.13. The molecule has 6 nitrogen and oxygen atoms in total. The normalized spacial score (nSPS) is 11.8. The van der Waals surface area contributed by atoms with Crippen LogP contribution in [0.25, 0.3) is 0 Å². The Kier molecular flexibility index (Phi) is 6.39. The van der Waals surface area contributed by atoms with Gasteiger partial charge >= 0.3 is 11.9 Å². The van der Waals surface area contributed by atoms with E-state index in [-0.39, 0.29) is 23.0 Å². The van der Waals surface area contributed by atoms with E-state index in [1.165, 1.54) is 0 Å². The van der Waals surface area contributed by atoms with Crippen LogP contribution in [0, 0.1) is 12.3 Å². The first-order chi connectivity index (χ1) is 11.3. The maximum atomic E-state index is 12.4. The lowest BCUT2D eigenvalue weighted by Gasteiger charge is -2.19. The highest BCUT2D eigenvalue weighted by Crippen LogP contribution is 2.36. The lowest BCUT2D eigenvalue weighted by molar-refractivity contribution is -0.123. The van der Waals surface area contributed by atoms with E-state index in [4.69, 9.17) is 9.47 Å². The van der Waals surface area contributed by atoms with Gasteiger partial charge < -0.3 is 14.8 Å². The van der Waals surface area contributed by atoms with Crippen LogP contribution in [0.2, 0.25) is 0 Å². The molecule has 0 aromatic carbocycles. The minimum atomic E-state index is -0.660. The quantitative estimate of drug-likeness (QED) is 0.806. The van der Waals surface area contributed by atoms with Gasteiger partial charge in [-0.1, -0.05) is 20.8 Å². The third kappa shape index (κ3) is 5.56. The molecule has 0 radical (unpaired) electrons. The van der Waals surface area contributed by atoms with Gasteiger partial charge in [-0.3, -0.25) is 4.79 Å². The van der Waals surface area contributed by atoms with Gasteiger partial charge in [-0.05, 0) is 40.2 Å². The van der Waals surface area contributed by atoms with Crippen LogP contribution in [0.1, 0.15) is 74.1 Å². The summed E-state index contributed by atoms with van der Waals surface area (Å²) in [4.78, 5) is 37.3. The summed E-state index contributed by atoms with van der Waals surface area (Å²) in [7, 11) is 0. The molecular weight excluding hydrogens is 342 g/mol.